The summed E-state index contributed by atoms with van der Waals surface area (Å²) in [5.74, 6) is 0.807. The second kappa shape index (κ2) is 4.24. The Morgan fingerprint density at radius 3 is 2.56 bits per heavy atom. The highest BCUT2D eigenvalue weighted by Crippen LogP contribution is 2.24. The van der Waals surface area contributed by atoms with Crippen LogP contribution in [0, 0.1) is 20.8 Å². The minimum atomic E-state index is 0.807. The van der Waals surface area contributed by atoms with Gasteiger partial charge in [0.1, 0.15) is 0 Å². The van der Waals surface area contributed by atoms with Gasteiger partial charge in [-0.25, -0.2) is 9.97 Å². The molecule has 1 aliphatic heterocycles. The van der Waals surface area contributed by atoms with E-state index >= 15 is 0 Å². The molecule has 0 radical (unpaired) electrons. The molecule has 5 nitrogen and oxygen atoms in total. The molecule has 0 saturated carbocycles. The lowest BCUT2D eigenvalue weighted by atomic mass is 10.2. The Hall–Kier alpha value is -1.62. The number of aryl methyl sites for hydroxylation is 3. The summed E-state index contributed by atoms with van der Waals surface area (Å²) in [6.07, 6.45) is 2.06. The molecule has 2 aromatic heterocycles. The van der Waals surface area contributed by atoms with Crippen LogP contribution in [-0.4, -0.2) is 40.5 Å². The SMILES string of the molecule is Cc1cn2c(C)c(N3CCNCC3)c(C)nc2n1. The van der Waals surface area contributed by atoms with Gasteiger partial charge in [-0.1, -0.05) is 0 Å². The van der Waals surface area contributed by atoms with Crippen LogP contribution < -0.4 is 10.2 Å². The van der Waals surface area contributed by atoms with Gasteiger partial charge in [-0.05, 0) is 20.8 Å². The monoisotopic (exact) mass is 245 g/mol. The zero-order valence-corrected chi connectivity index (χ0v) is 11.2. The van der Waals surface area contributed by atoms with Gasteiger partial charge in [-0.15, -0.1) is 0 Å². The van der Waals surface area contributed by atoms with E-state index in [0.29, 0.717) is 0 Å². The van der Waals surface area contributed by atoms with Crippen LogP contribution >= 0.6 is 0 Å². The molecule has 1 aliphatic rings. The quantitative estimate of drug-likeness (QED) is 0.816. The highest BCUT2D eigenvalue weighted by molar-refractivity contribution is 5.58. The van der Waals surface area contributed by atoms with E-state index in [-0.39, 0.29) is 0 Å². The topological polar surface area (TPSA) is 45.5 Å². The minimum Gasteiger partial charge on any atom is -0.366 e. The molecule has 1 N–H and O–H groups in total. The Morgan fingerprint density at radius 1 is 1.11 bits per heavy atom. The van der Waals surface area contributed by atoms with E-state index < -0.39 is 0 Å². The fourth-order valence-corrected chi connectivity index (χ4v) is 2.74. The van der Waals surface area contributed by atoms with Crippen LogP contribution in [0.5, 0.6) is 0 Å². The number of hydrogen-bond acceptors (Lipinski definition) is 4. The number of anilines is 1. The lowest BCUT2D eigenvalue weighted by Crippen LogP contribution is -2.44. The molecule has 0 amide bonds. The molecule has 96 valence electrons. The lowest BCUT2D eigenvalue weighted by molar-refractivity contribution is 0.585. The van der Waals surface area contributed by atoms with Gasteiger partial charge in [0.05, 0.1) is 17.1 Å². The third kappa shape index (κ3) is 1.75. The molecule has 1 fully saturated rings. The summed E-state index contributed by atoms with van der Waals surface area (Å²) in [6.45, 7) is 10.4. The second-order valence-electron chi connectivity index (χ2n) is 4.92. The van der Waals surface area contributed by atoms with Gasteiger partial charge in [0.2, 0.25) is 5.78 Å². The highest BCUT2D eigenvalue weighted by atomic mass is 15.2. The summed E-state index contributed by atoms with van der Waals surface area (Å²) in [7, 11) is 0. The van der Waals surface area contributed by atoms with Crippen molar-refractivity contribution in [1.82, 2.24) is 19.7 Å². The first-order chi connectivity index (χ1) is 8.66. The third-order valence-corrected chi connectivity index (χ3v) is 3.56. The van der Waals surface area contributed by atoms with Crippen LogP contribution in [0.3, 0.4) is 0 Å². The summed E-state index contributed by atoms with van der Waals surface area (Å²) >= 11 is 0. The molecule has 0 bridgehead atoms. The van der Waals surface area contributed by atoms with Gasteiger partial charge in [0.25, 0.3) is 0 Å². The maximum Gasteiger partial charge on any atom is 0.234 e. The minimum absolute atomic E-state index is 0.807. The van der Waals surface area contributed by atoms with Crippen LogP contribution in [0.25, 0.3) is 5.78 Å². The van der Waals surface area contributed by atoms with E-state index in [1.165, 1.54) is 11.4 Å². The predicted octanol–water partition coefficient (Wildman–Crippen LogP) is 1.06. The number of nitrogens with zero attached hydrogens (tertiary/aromatic N) is 4. The van der Waals surface area contributed by atoms with E-state index in [0.717, 1.165) is 43.3 Å². The van der Waals surface area contributed by atoms with E-state index in [1.54, 1.807) is 0 Å². The van der Waals surface area contributed by atoms with Crippen LogP contribution in [0.1, 0.15) is 17.1 Å². The van der Waals surface area contributed by atoms with E-state index in [9.17, 15) is 0 Å². The van der Waals surface area contributed by atoms with Crippen molar-refractivity contribution in [3.8, 4) is 0 Å². The van der Waals surface area contributed by atoms with Gasteiger partial charge in [0, 0.05) is 38.1 Å². The van der Waals surface area contributed by atoms with Crippen molar-refractivity contribution in [1.29, 1.82) is 0 Å². The normalized spacial score (nSPS) is 16.5. The number of nitrogens with one attached hydrogen (secondary N) is 1. The Labute approximate surface area is 107 Å². The van der Waals surface area contributed by atoms with Gasteiger partial charge < -0.3 is 10.2 Å². The van der Waals surface area contributed by atoms with Crippen LogP contribution in [0.4, 0.5) is 5.69 Å². The van der Waals surface area contributed by atoms with Crippen molar-refractivity contribution >= 4 is 11.5 Å². The number of fused-ring (bicyclic) bond motifs is 1. The van der Waals surface area contributed by atoms with Gasteiger partial charge in [-0.3, -0.25) is 4.40 Å². The predicted molar refractivity (Wildman–Crippen MR) is 72.3 cm³/mol. The van der Waals surface area contributed by atoms with Crippen molar-refractivity contribution in [3.63, 3.8) is 0 Å². The average Bonchev–Trinajstić information content (AvgIpc) is 2.71. The first-order valence-electron chi connectivity index (χ1n) is 6.45. The number of hydrogen-bond donors (Lipinski definition) is 1. The molecule has 5 heteroatoms. The van der Waals surface area contributed by atoms with Gasteiger partial charge >= 0.3 is 0 Å². The second-order valence-corrected chi connectivity index (χ2v) is 4.92. The first-order valence-corrected chi connectivity index (χ1v) is 6.45. The fourth-order valence-electron chi connectivity index (χ4n) is 2.74. The van der Waals surface area contributed by atoms with Crippen molar-refractivity contribution < 1.29 is 0 Å². The fraction of sp³-hybridized carbons (Fsp3) is 0.538. The highest BCUT2D eigenvalue weighted by Gasteiger charge is 2.18. The number of piperazine rings is 1. The zero-order chi connectivity index (χ0) is 12.7. The summed E-state index contributed by atoms with van der Waals surface area (Å²) < 4.78 is 2.10. The van der Waals surface area contributed by atoms with Crippen molar-refractivity contribution in [2.75, 3.05) is 31.1 Å². The molecular weight excluding hydrogens is 226 g/mol. The third-order valence-electron chi connectivity index (χ3n) is 3.56. The number of imidazole rings is 1. The van der Waals surface area contributed by atoms with E-state index in [4.69, 9.17) is 0 Å². The Bertz CT molecular complexity index is 581. The molecule has 0 aromatic carbocycles. The van der Waals surface area contributed by atoms with E-state index in [2.05, 4.69) is 44.6 Å². The molecule has 18 heavy (non-hydrogen) atoms. The molecule has 2 aromatic rings. The maximum absolute atomic E-state index is 4.62. The van der Waals surface area contributed by atoms with Crippen molar-refractivity contribution in [2.45, 2.75) is 20.8 Å². The molecule has 3 rings (SSSR count). The summed E-state index contributed by atoms with van der Waals surface area (Å²) in [5, 5.41) is 3.38. The largest absolute Gasteiger partial charge is 0.366 e. The molecule has 0 unspecified atom stereocenters. The first kappa shape index (κ1) is 11.5. The van der Waals surface area contributed by atoms with Crippen molar-refractivity contribution in [2.24, 2.45) is 0 Å². The smallest absolute Gasteiger partial charge is 0.234 e. The summed E-state index contributed by atoms with van der Waals surface area (Å²) in [6, 6.07) is 0. The lowest BCUT2D eigenvalue weighted by Gasteiger charge is -2.31. The molecule has 1 saturated heterocycles. The van der Waals surface area contributed by atoms with Crippen LogP contribution in [0.15, 0.2) is 6.20 Å². The summed E-state index contributed by atoms with van der Waals surface area (Å²) in [4.78, 5) is 11.5. The van der Waals surface area contributed by atoms with Crippen molar-refractivity contribution in [3.05, 3.63) is 23.3 Å². The number of aromatic nitrogens is 3. The molecule has 0 spiro atoms. The van der Waals surface area contributed by atoms with Crippen LogP contribution in [0.2, 0.25) is 0 Å². The maximum atomic E-state index is 4.62. The number of rotatable bonds is 1. The van der Waals surface area contributed by atoms with Gasteiger partial charge in [0.15, 0.2) is 0 Å². The molecule has 0 aliphatic carbocycles. The average molecular weight is 245 g/mol. The molecule has 0 atom stereocenters. The zero-order valence-electron chi connectivity index (χ0n) is 11.2. The van der Waals surface area contributed by atoms with Crippen LogP contribution in [-0.2, 0) is 0 Å². The standard InChI is InChI=1S/C13H19N5/c1-9-8-18-11(3)12(10(2)16-13(18)15-9)17-6-4-14-5-7-17/h8,14H,4-7H2,1-3H3. The summed E-state index contributed by atoms with van der Waals surface area (Å²) in [5.41, 5.74) is 4.59. The Kier molecular flexibility index (Phi) is 2.70. The molecular formula is C13H19N5. The Balaban J connectivity index is 2.15. The Morgan fingerprint density at radius 2 is 1.83 bits per heavy atom. The van der Waals surface area contributed by atoms with E-state index in [1.807, 2.05) is 6.92 Å². The van der Waals surface area contributed by atoms with Gasteiger partial charge in [-0.2, -0.15) is 0 Å². The molecule has 3 heterocycles.